The van der Waals surface area contributed by atoms with Crippen molar-refractivity contribution in [3.8, 4) is 0 Å². The van der Waals surface area contributed by atoms with Crippen LogP contribution in [0, 0.1) is 5.92 Å². The molecule has 196 valence electrons. The zero-order chi connectivity index (χ0) is 25.6. The van der Waals surface area contributed by atoms with Crippen molar-refractivity contribution in [2.24, 2.45) is 5.92 Å². The summed E-state index contributed by atoms with van der Waals surface area (Å²) in [4.78, 5) is 39.6. The van der Waals surface area contributed by atoms with E-state index < -0.39 is 0 Å². The maximum atomic E-state index is 14.0. The van der Waals surface area contributed by atoms with Crippen molar-refractivity contribution in [1.29, 1.82) is 0 Å². The fraction of sp³-hybridized carbons (Fsp3) is 0.760. The zero-order valence-electron chi connectivity index (χ0n) is 22.2. The second-order valence-electron chi connectivity index (χ2n) is 11.0. The second-order valence-corrected chi connectivity index (χ2v) is 11.9. The van der Waals surface area contributed by atoms with Gasteiger partial charge in [-0.05, 0) is 30.8 Å². The Labute approximate surface area is 214 Å². The number of hydrogen-bond acceptors (Lipinski definition) is 7. The number of carbonyl (C=O) groups is 2. The molecule has 0 saturated carbocycles. The lowest BCUT2D eigenvalue weighted by atomic mass is 9.95. The number of hydrogen-bond donors (Lipinski definition) is 3. The van der Waals surface area contributed by atoms with Gasteiger partial charge < -0.3 is 25.8 Å². The van der Waals surface area contributed by atoms with Crippen molar-refractivity contribution in [2.45, 2.75) is 65.0 Å². The van der Waals surface area contributed by atoms with Crippen LogP contribution in [-0.4, -0.2) is 95.1 Å². The minimum atomic E-state index is -0.217. The van der Waals surface area contributed by atoms with E-state index in [0.29, 0.717) is 43.5 Å². The maximum absolute atomic E-state index is 14.0. The molecule has 2 aliphatic heterocycles. The first-order valence-corrected chi connectivity index (χ1v) is 14.2. The smallest absolute Gasteiger partial charge is 0.317 e. The molecule has 3 rings (SSSR count). The van der Waals surface area contributed by atoms with E-state index in [1.807, 2.05) is 21.6 Å². The zero-order valence-corrected chi connectivity index (χ0v) is 23.0. The number of rotatable bonds is 10. The van der Waals surface area contributed by atoms with Crippen LogP contribution in [0.4, 0.5) is 10.6 Å². The summed E-state index contributed by atoms with van der Waals surface area (Å²) in [5, 5.41) is 9.79. The predicted molar refractivity (Wildman–Crippen MR) is 143 cm³/mol. The van der Waals surface area contributed by atoms with Gasteiger partial charge in [0.2, 0.25) is 0 Å². The van der Waals surface area contributed by atoms with Crippen LogP contribution in [0.25, 0.3) is 0 Å². The summed E-state index contributed by atoms with van der Waals surface area (Å²) in [6.07, 6.45) is 5.54. The highest BCUT2D eigenvalue weighted by Gasteiger charge is 2.37. The van der Waals surface area contributed by atoms with E-state index in [0.717, 1.165) is 37.5 Å². The fourth-order valence-corrected chi connectivity index (χ4v) is 5.04. The molecule has 0 bridgehead atoms. The molecule has 3 N–H and O–H groups in total. The highest BCUT2D eigenvalue weighted by molar-refractivity contribution is 7.98. The molecule has 0 radical (unpaired) electrons. The number of piperidine rings is 1. The van der Waals surface area contributed by atoms with Gasteiger partial charge in [0.05, 0.1) is 0 Å². The largest absolute Gasteiger partial charge is 0.369 e. The van der Waals surface area contributed by atoms with Crippen LogP contribution in [0.1, 0.15) is 63.6 Å². The standard InChI is InChI=1S/C25H43N7O2S/c1-17(2)16-32(19-12-18(13-26-14-19)31-10-9-28-24(31)34)22(33)20-15-29-23(25(3,4)5)30-21(20)27-8-7-11-35-6/h15,17-19,26H,7-14,16H2,1-6H3,(H,28,34)(H,27,29,30)/t18-,19+/m1/s1. The Morgan fingerprint density at radius 1 is 1.34 bits per heavy atom. The van der Waals surface area contributed by atoms with Gasteiger partial charge in [0.1, 0.15) is 17.2 Å². The lowest BCUT2D eigenvalue weighted by Gasteiger charge is -2.41. The molecular formula is C25H43N7O2S. The first-order chi connectivity index (χ1) is 16.6. The average molecular weight is 506 g/mol. The molecule has 9 nitrogen and oxygen atoms in total. The first-order valence-electron chi connectivity index (χ1n) is 12.8. The predicted octanol–water partition coefficient (Wildman–Crippen LogP) is 2.79. The fourth-order valence-electron chi connectivity index (χ4n) is 4.61. The van der Waals surface area contributed by atoms with Crippen molar-refractivity contribution in [3.63, 3.8) is 0 Å². The topological polar surface area (TPSA) is 102 Å². The second kappa shape index (κ2) is 12.3. The SMILES string of the molecule is CSCCCNc1nc(C(C)(C)C)ncc1C(=O)N(CC(C)C)[C@@H]1CNC[C@H](N2CCNC2=O)C1. The third kappa shape index (κ3) is 7.22. The van der Waals surface area contributed by atoms with Crippen LogP contribution in [0.5, 0.6) is 0 Å². The van der Waals surface area contributed by atoms with Crippen molar-refractivity contribution in [2.75, 3.05) is 56.6 Å². The molecule has 1 aromatic rings. The highest BCUT2D eigenvalue weighted by Crippen LogP contribution is 2.25. The number of nitrogens with zero attached hydrogens (tertiary/aromatic N) is 4. The Balaban J connectivity index is 1.87. The van der Waals surface area contributed by atoms with Gasteiger partial charge in [0, 0.05) is 63.0 Å². The van der Waals surface area contributed by atoms with E-state index in [1.165, 1.54) is 0 Å². The van der Waals surface area contributed by atoms with E-state index in [9.17, 15) is 9.59 Å². The van der Waals surface area contributed by atoms with E-state index in [-0.39, 0.29) is 29.4 Å². The molecular weight excluding hydrogens is 462 g/mol. The minimum Gasteiger partial charge on any atom is -0.369 e. The summed E-state index contributed by atoms with van der Waals surface area (Å²) >= 11 is 1.81. The molecule has 2 saturated heterocycles. The minimum absolute atomic E-state index is 0.0105. The molecule has 2 fully saturated rings. The number of aromatic nitrogens is 2. The molecule has 0 aliphatic carbocycles. The molecule has 10 heteroatoms. The molecule has 3 amide bonds. The molecule has 0 unspecified atom stereocenters. The molecule has 2 atom stereocenters. The summed E-state index contributed by atoms with van der Waals surface area (Å²) in [6.45, 7) is 14.7. The quantitative estimate of drug-likeness (QED) is 0.420. The molecule has 2 aliphatic rings. The third-order valence-electron chi connectivity index (χ3n) is 6.41. The average Bonchev–Trinajstić information content (AvgIpc) is 3.25. The van der Waals surface area contributed by atoms with E-state index >= 15 is 0 Å². The molecule has 35 heavy (non-hydrogen) atoms. The number of amides is 3. The number of nitrogens with one attached hydrogen (secondary N) is 3. The van der Waals surface area contributed by atoms with Crippen molar-refractivity contribution < 1.29 is 9.59 Å². The third-order valence-corrected chi connectivity index (χ3v) is 7.10. The summed E-state index contributed by atoms with van der Waals surface area (Å²) in [5.74, 6) is 2.64. The van der Waals surface area contributed by atoms with Crippen molar-refractivity contribution in [1.82, 2.24) is 30.4 Å². The van der Waals surface area contributed by atoms with Crippen LogP contribution < -0.4 is 16.0 Å². The van der Waals surface area contributed by atoms with Gasteiger partial charge in [-0.2, -0.15) is 11.8 Å². The first kappa shape index (κ1) is 27.5. The van der Waals surface area contributed by atoms with Gasteiger partial charge in [-0.15, -0.1) is 0 Å². The van der Waals surface area contributed by atoms with Gasteiger partial charge >= 0.3 is 6.03 Å². The van der Waals surface area contributed by atoms with Crippen LogP contribution >= 0.6 is 11.8 Å². The lowest BCUT2D eigenvalue weighted by molar-refractivity contribution is 0.0567. The van der Waals surface area contributed by atoms with Gasteiger partial charge in [-0.3, -0.25) is 4.79 Å². The highest BCUT2D eigenvalue weighted by atomic mass is 32.2. The number of thioether (sulfide) groups is 1. The Bertz CT molecular complexity index is 874. The van der Waals surface area contributed by atoms with Crippen molar-refractivity contribution >= 4 is 29.5 Å². The van der Waals surface area contributed by atoms with Crippen LogP contribution in [0.15, 0.2) is 6.20 Å². The number of anilines is 1. The van der Waals surface area contributed by atoms with Gasteiger partial charge in [-0.1, -0.05) is 34.6 Å². The molecule has 3 heterocycles. The van der Waals surface area contributed by atoms with Gasteiger partial charge in [0.25, 0.3) is 5.91 Å². The molecule has 0 aromatic carbocycles. The van der Waals surface area contributed by atoms with Crippen LogP contribution in [-0.2, 0) is 5.41 Å². The molecule has 1 aromatic heterocycles. The number of carbonyl (C=O) groups excluding carboxylic acids is 2. The maximum Gasteiger partial charge on any atom is 0.317 e. The summed E-state index contributed by atoms with van der Waals surface area (Å²) in [6, 6.07) is 0.0492. The lowest BCUT2D eigenvalue weighted by Crippen LogP contribution is -2.58. The van der Waals surface area contributed by atoms with Crippen LogP contribution in [0.3, 0.4) is 0 Å². The Hall–Kier alpha value is -2.07. The van der Waals surface area contributed by atoms with Crippen molar-refractivity contribution in [3.05, 3.63) is 17.6 Å². The summed E-state index contributed by atoms with van der Waals surface area (Å²) in [7, 11) is 0. The monoisotopic (exact) mass is 505 g/mol. The van der Waals surface area contributed by atoms with E-state index in [4.69, 9.17) is 4.98 Å². The van der Waals surface area contributed by atoms with Crippen LogP contribution in [0.2, 0.25) is 0 Å². The Morgan fingerprint density at radius 2 is 2.11 bits per heavy atom. The van der Waals surface area contributed by atoms with Gasteiger partial charge in [-0.25, -0.2) is 14.8 Å². The number of urea groups is 1. The summed E-state index contributed by atoms with van der Waals surface area (Å²) < 4.78 is 0. The summed E-state index contributed by atoms with van der Waals surface area (Å²) in [5.41, 5.74) is 0.301. The Morgan fingerprint density at radius 3 is 2.74 bits per heavy atom. The normalized spacial score (nSPS) is 20.8. The van der Waals surface area contributed by atoms with Gasteiger partial charge in [0.15, 0.2) is 0 Å². The van der Waals surface area contributed by atoms with E-state index in [2.05, 4.69) is 61.8 Å². The van der Waals surface area contributed by atoms with E-state index in [1.54, 1.807) is 6.20 Å². The molecule has 0 spiro atoms. The Kier molecular flexibility index (Phi) is 9.63.